The number of ether oxygens (including phenoxy) is 1. The van der Waals surface area contributed by atoms with Crippen LogP contribution in [0.3, 0.4) is 0 Å². The Morgan fingerprint density at radius 3 is 2.42 bits per heavy atom. The van der Waals surface area contributed by atoms with E-state index in [1.165, 1.54) is 32.1 Å². The standard InChI is InChI=1S/C22H28N4O6S/c1-32-21-12-11-19(26(28)29)16-20(21)25(33(2,30)31)15-5-6-22(27)23-17-7-9-18(10-8-17)24-13-3-4-14-24/h7-12,16H,3-6,13-15H2,1-2H3,(H,23,27). The van der Waals surface area contributed by atoms with Crippen LogP contribution in [-0.4, -0.2) is 52.2 Å². The van der Waals surface area contributed by atoms with Gasteiger partial charge >= 0.3 is 0 Å². The highest BCUT2D eigenvalue weighted by Crippen LogP contribution is 2.34. The number of hydrogen-bond donors (Lipinski definition) is 1. The number of carbonyl (C=O) groups excluding carboxylic acids is 1. The summed E-state index contributed by atoms with van der Waals surface area (Å²) in [5, 5.41) is 14.0. The van der Waals surface area contributed by atoms with Crippen molar-refractivity contribution in [1.82, 2.24) is 0 Å². The zero-order valence-corrected chi connectivity index (χ0v) is 19.5. The van der Waals surface area contributed by atoms with Crippen LogP contribution in [0.15, 0.2) is 42.5 Å². The van der Waals surface area contributed by atoms with Crippen molar-refractivity contribution in [2.24, 2.45) is 0 Å². The van der Waals surface area contributed by atoms with Crippen LogP contribution in [0.4, 0.5) is 22.7 Å². The summed E-state index contributed by atoms with van der Waals surface area (Å²) in [6.45, 7) is 2.05. The van der Waals surface area contributed by atoms with Gasteiger partial charge in [-0.25, -0.2) is 8.42 Å². The molecule has 3 rings (SSSR count). The van der Waals surface area contributed by atoms with E-state index in [1.807, 2.05) is 24.3 Å². The van der Waals surface area contributed by atoms with Crippen LogP contribution in [0.25, 0.3) is 0 Å². The van der Waals surface area contributed by atoms with E-state index in [0.29, 0.717) is 5.69 Å². The third-order valence-electron chi connectivity index (χ3n) is 5.43. The van der Waals surface area contributed by atoms with E-state index in [-0.39, 0.29) is 42.4 Å². The number of benzene rings is 2. The molecule has 0 aromatic heterocycles. The van der Waals surface area contributed by atoms with Gasteiger partial charge in [-0.2, -0.15) is 0 Å². The molecule has 0 aliphatic carbocycles. The lowest BCUT2D eigenvalue weighted by molar-refractivity contribution is -0.384. The molecule has 0 unspecified atom stereocenters. The number of methoxy groups -OCH3 is 1. The summed E-state index contributed by atoms with van der Waals surface area (Å²) in [6.07, 6.45) is 3.68. The highest BCUT2D eigenvalue weighted by atomic mass is 32.2. The Morgan fingerprint density at radius 1 is 1.18 bits per heavy atom. The molecule has 1 fully saturated rings. The van der Waals surface area contributed by atoms with E-state index < -0.39 is 14.9 Å². The predicted molar refractivity (Wildman–Crippen MR) is 128 cm³/mol. The van der Waals surface area contributed by atoms with Gasteiger partial charge in [0.1, 0.15) is 11.4 Å². The van der Waals surface area contributed by atoms with E-state index in [2.05, 4.69) is 10.2 Å². The second kappa shape index (κ2) is 10.5. The number of rotatable bonds is 10. The highest BCUT2D eigenvalue weighted by Gasteiger charge is 2.24. The van der Waals surface area contributed by atoms with Crippen molar-refractivity contribution in [3.63, 3.8) is 0 Å². The largest absolute Gasteiger partial charge is 0.495 e. The summed E-state index contributed by atoms with van der Waals surface area (Å²) >= 11 is 0. The molecule has 2 aromatic rings. The molecule has 10 nitrogen and oxygen atoms in total. The monoisotopic (exact) mass is 476 g/mol. The molecule has 0 saturated carbocycles. The Morgan fingerprint density at radius 2 is 1.85 bits per heavy atom. The van der Waals surface area contributed by atoms with Gasteiger partial charge in [-0.1, -0.05) is 0 Å². The van der Waals surface area contributed by atoms with Gasteiger partial charge in [0.15, 0.2) is 0 Å². The average Bonchev–Trinajstić information content (AvgIpc) is 3.31. The number of nitrogens with one attached hydrogen (secondary N) is 1. The molecule has 0 atom stereocenters. The minimum absolute atomic E-state index is 0.0301. The SMILES string of the molecule is COc1ccc([N+](=O)[O-])cc1N(CCCC(=O)Nc1ccc(N2CCCC2)cc1)S(C)(=O)=O. The van der Waals surface area contributed by atoms with E-state index >= 15 is 0 Å². The topological polar surface area (TPSA) is 122 Å². The van der Waals surface area contributed by atoms with Crippen molar-refractivity contribution in [3.8, 4) is 5.75 Å². The number of carbonyl (C=O) groups is 1. The third kappa shape index (κ3) is 6.35. The van der Waals surface area contributed by atoms with Gasteiger partial charge < -0.3 is 15.0 Å². The maximum Gasteiger partial charge on any atom is 0.271 e. The van der Waals surface area contributed by atoms with Crippen LogP contribution in [-0.2, 0) is 14.8 Å². The fourth-order valence-corrected chi connectivity index (χ4v) is 4.75. The number of non-ortho nitro benzene ring substituents is 1. The summed E-state index contributed by atoms with van der Waals surface area (Å²) in [6, 6.07) is 11.4. The molecule has 11 heteroatoms. The van der Waals surface area contributed by atoms with Crippen LogP contribution in [0.2, 0.25) is 0 Å². The second-order valence-corrected chi connectivity index (χ2v) is 9.75. The minimum Gasteiger partial charge on any atom is -0.495 e. The summed E-state index contributed by atoms with van der Waals surface area (Å²) in [5.74, 6) is -0.0584. The van der Waals surface area contributed by atoms with Crippen LogP contribution >= 0.6 is 0 Å². The lowest BCUT2D eigenvalue weighted by Crippen LogP contribution is -2.32. The fraction of sp³-hybridized carbons (Fsp3) is 0.409. The number of anilines is 3. The summed E-state index contributed by atoms with van der Waals surface area (Å²) in [7, 11) is -2.41. The summed E-state index contributed by atoms with van der Waals surface area (Å²) in [5.41, 5.74) is 1.60. The normalized spacial score (nSPS) is 13.6. The zero-order valence-electron chi connectivity index (χ0n) is 18.7. The maximum atomic E-state index is 12.4. The molecule has 1 saturated heterocycles. The lowest BCUT2D eigenvalue weighted by atomic mass is 10.2. The fourth-order valence-electron chi connectivity index (χ4n) is 3.79. The van der Waals surface area contributed by atoms with E-state index in [4.69, 9.17) is 4.74 Å². The quantitative estimate of drug-likeness (QED) is 0.412. The average molecular weight is 477 g/mol. The molecule has 1 aliphatic rings. The molecule has 1 amide bonds. The Hall–Kier alpha value is -3.34. The van der Waals surface area contributed by atoms with Crippen LogP contribution in [0.5, 0.6) is 5.75 Å². The van der Waals surface area contributed by atoms with Gasteiger partial charge in [-0.15, -0.1) is 0 Å². The number of nitro groups is 1. The molecular formula is C22H28N4O6S. The molecule has 0 radical (unpaired) electrons. The number of nitrogens with zero attached hydrogens (tertiary/aromatic N) is 3. The van der Waals surface area contributed by atoms with Gasteiger partial charge in [-0.3, -0.25) is 19.2 Å². The molecule has 0 spiro atoms. The summed E-state index contributed by atoms with van der Waals surface area (Å²) in [4.78, 5) is 25.2. The first-order valence-corrected chi connectivity index (χ1v) is 12.5. The van der Waals surface area contributed by atoms with Crippen molar-refractivity contribution >= 4 is 38.7 Å². The lowest BCUT2D eigenvalue weighted by Gasteiger charge is -2.24. The molecule has 2 aromatic carbocycles. The van der Waals surface area contributed by atoms with Gasteiger partial charge in [0, 0.05) is 49.6 Å². The zero-order chi connectivity index (χ0) is 24.0. The molecule has 1 heterocycles. The van der Waals surface area contributed by atoms with Crippen LogP contribution < -0.4 is 19.3 Å². The van der Waals surface area contributed by atoms with Gasteiger partial charge in [0.25, 0.3) is 5.69 Å². The van der Waals surface area contributed by atoms with E-state index in [9.17, 15) is 23.3 Å². The first-order valence-electron chi connectivity index (χ1n) is 10.6. The van der Waals surface area contributed by atoms with E-state index in [1.54, 1.807) is 0 Å². The first-order chi connectivity index (χ1) is 15.7. The molecule has 1 aliphatic heterocycles. The smallest absolute Gasteiger partial charge is 0.271 e. The molecule has 178 valence electrons. The first kappa shape index (κ1) is 24.3. The number of amides is 1. The number of nitro benzene ring substituents is 1. The Labute approximate surface area is 193 Å². The van der Waals surface area contributed by atoms with E-state index in [0.717, 1.165) is 35.4 Å². The minimum atomic E-state index is -3.77. The van der Waals surface area contributed by atoms with Gasteiger partial charge in [0.2, 0.25) is 15.9 Å². The van der Waals surface area contributed by atoms with Gasteiger partial charge in [-0.05, 0) is 49.6 Å². The third-order valence-corrected chi connectivity index (χ3v) is 6.61. The van der Waals surface area contributed by atoms with Crippen LogP contribution in [0, 0.1) is 10.1 Å². The molecule has 1 N–H and O–H groups in total. The number of sulfonamides is 1. The van der Waals surface area contributed by atoms with Crippen LogP contribution in [0.1, 0.15) is 25.7 Å². The van der Waals surface area contributed by atoms with Crippen molar-refractivity contribution in [1.29, 1.82) is 0 Å². The van der Waals surface area contributed by atoms with Gasteiger partial charge in [0.05, 0.1) is 18.3 Å². The van der Waals surface area contributed by atoms with Crippen molar-refractivity contribution in [2.75, 3.05) is 47.5 Å². The molecule has 0 bridgehead atoms. The Bertz CT molecular complexity index is 1100. The highest BCUT2D eigenvalue weighted by molar-refractivity contribution is 7.92. The Kier molecular flexibility index (Phi) is 7.75. The summed E-state index contributed by atoms with van der Waals surface area (Å²) < 4.78 is 31.0. The predicted octanol–water partition coefficient (Wildman–Crippen LogP) is 3.39. The maximum absolute atomic E-state index is 12.4. The van der Waals surface area contributed by atoms with Crippen molar-refractivity contribution in [2.45, 2.75) is 25.7 Å². The number of hydrogen-bond acceptors (Lipinski definition) is 7. The molecule has 33 heavy (non-hydrogen) atoms. The second-order valence-electron chi connectivity index (χ2n) is 7.84. The molecular weight excluding hydrogens is 448 g/mol. The Balaban J connectivity index is 1.62. The van der Waals surface area contributed by atoms with Crippen molar-refractivity contribution in [3.05, 3.63) is 52.6 Å². The van der Waals surface area contributed by atoms with Crippen molar-refractivity contribution < 1.29 is 22.9 Å².